The molecule has 1 heterocycles. The van der Waals surface area contributed by atoms with Gasteiger partial charge in [-0.2, -0.15) is 0 Å². The third-order valence-corrected chi connectivity index (χ3v) is 5.02. The topological polar surface area (TPSA) is 29.3 Å². The van der Waals surface area contributed by atoms with Gasteiger partial charge in [0, 0.05) is 16.7 Å². The number of nitrogens with two attached hydrogens (primary N) is 1. The molecule has 0 unspecified atom stereocenters. The molecule has 1 fully saturated rings. The first-order valence-electron chi connectivity index (χ1n) is 7.12. The summed E-state index contributed by atoms with van der Waals surface area (Å²) >= 11 is 3.61. The molecule has 2 nitrogen and oxygen atoms in total. The Morgan fingerprint density at radius 2 is 1.89 bits per heavy atom. The summed E-state index contributed by atoms with van der Waals surface area (Å²) in [6, 6.07) is 6.12. The van der Waals surface area contributed by atoms with E-state index in [4.69, 9.17) is 5.73 Å². The van der Waals surface area contributed by atoms with Crippen molar-refractivity contribution in [3.05, 3.63) is 28.2 Å². The summed E-state index contributed by atoms with van der Waals surface area (Å²) in [4.78, 5) is 2.55. The molecule has 1 aromatic carbocycles. The van der Waals surface area contributed by atoms with Gasteiger partial charge < -0.3 is 5.73 Å². The number of hydrogen-bond donors (Lipinski definition) is 1. The van der Waals surface area contributed by atoms with Crippen LogP contribution in [0.5, 0.6) is 0 Å². The molecule has 2 N–H and O–H groups in total. The number of benzene rings is 1. The fraction of sp³-hybridized carbons (Fsp3) is 0.625. The molecule has 3 heteroatoms. The first-order valence-corrected chi connectivity index (χ1v) is 7.92. The van der Waals surface area contributed by atoms with Gasteiger partial charge in [0.1, 0.15) is 0 Å². The number of rotatable bonds is 2. The summed E-state index contributed by atoms with van der Waals surface area (Å²) < 4.78 is 1.13. The maximum Gasteiger partial charge on any atom is 0.0325 e. The first-order chi connectivity index (χ1) is 8.86. The Bertz CT molecular complexity index is 429. The van der Waals surface area contributed by atoms with Gasteiger partial charge in [-0.05, 0) is 55.0 Å². The highest BCUT2D eigenvalue weighted by atomic mass is 79.9. The van der Waals surface area contributed by atoms with E-state index in [0.29, 0.717) is 5.41 Å². The number of halogens is 1. The summed E-state index contributed by atoms with van der Waals surface area (Å²) in [5, 5.41) is 0. The molecule has 0 amide bonds. The van der Waals surface area contributed by atoms with E-state index in [-0.39, 0.29) is 0 Å². The fourth-order valence-corrected chi connectivity index (χ4v) is 3.41. The van der Waals surface area contributed by atoms with E-state index in [9.17, 15) is 0 Å². The molecular weight excluding hydrogens is 300 g/mol. The van der Waals surface area contributed by atoms with E-state index < -0.39 is 0 Å². The molecule has 0 spiro atoms. The molecule has 0 atom stereocenters. The van der Waals surface area contributed by atoms with Crippen molar-refractivity contribution in [2.45, 2.75) is 40.2 Å². The second-order valence-corrected chi connectivity index (χ2v) is 7.62. The van der Waals surface area contributed by atoms with Crippen molar-refractivity contribution in [3.8, 4) is 0 Å². The van der Waals surface area contributed by atoms with Gasteiger partial charge in [0.15, 0.2) is 0 Å². The molecule has 1 saturated heterocycles. The van der Waals surface area contributed by atoms with E-state index in [1.165, 1.54) is 31.5 Å². The number of anilines is 1. The van der Waals surface area contributed by atoms with Crippen LogP contribution in [-0.4, -0.2) is 18.0 Å². The third kappa shape index (κ3) is 3.96. The largest absolute Gasteiger partial charge is 0.399 e. The zero-order valence-corrected chi connectivity index (χ0v) is 13.8. The first kappa shape index (κ1) is 14.9. The van der Waals surface area contributed by atoms with Crippen LogP contribution < -0.4 is 5.73 Å². The number of nitrogens with zero attached hydrogens (tertiary/aromatic N) is 1. The van der Waals surface area contributed by atoms with Crippen LogP contribution in [0.15, 0.2) is 22.7 Å². The van der Waals surface area contributed by atoms with Gasteiger partial charge in [-0.15, -0.1) is 0 Å². The Kier molecular flexibility index (Phi) is 4.57. The number of piperidine rings is 1. The maximum absolute atomic E-state index is 5.78. The zero-order chi connectivity index (χ0) is 14.0. The van der Waals surface area contributed by atoms with E-state index in [1.54, 1.807) is 0 Å². The highest BCUT2D eigenvalue weighted by Crippen LogP contribution is 2.34. The number of nitrogen functional groups attached to an aromatic ring is 1. The molecule has 19 heavy (non-hydrogen) atoms. The fourth-order valence-electron chi connectivity index (χ4n) is 2.89. The predicted molar refractivity (Wildman–Crippen MR) is 86.0 cm³/mol. The van der Waals surface area contributed by atoms with Gasteiger partial charge in [0.25, 0.3) is 0 Å². The van der Waals surface area contributed by atoms with Gasteiger partial charge in [-0.25, -0.2) is 0 Å². The van der Waals surface area contributed by atoms with Crippen LogP contribution in [0.4, 0.5) is 5.69 Å². The molecular formula is C16H25BrN2. The molecule has 1 aliphatic heterocycles. The molecule has 1 aliphatic rings. The van der Waals surface area contributed by atoms with Crippen molar-refractivity contribution in [1.82, 2.24) is 4.90 Å². The van der Waals surface area contributed by atoms with Gasteiger partial charge in [0.05, 0.1) is 0 Å². The lowest BCUT2D eigenvalue weighted by Gasteiger charge is -2.38. The molecule has 0 radical (unpaired) electrons. The van der Waals surface area contributed by atoms with Crippen molar-refractivity contribution < 1.29 is 0 Å². The van der Waals surface area contributed by atoms with Crippen molar-refractivity contribution in [1.29, 1.82) is 0 Å². The van der Waals surface area contributed by atoms with Gasteiger partial charge in [-0.3, -0.25) is 4.90 Å². The van der Waals surface area contributed by atoms with Crippen LogP contribution in [0.3, 0.4) is 0 Å². The van der Waals surface area contributed by atoms with Crippen molar-refractivity contribution in [3.63, 3.8) is 0 Å². The summed E-state index contributed by atoms with van der Waals surface area (Å²) in [7, 11) is 0. The molecule has 0 bridgehead atoms. The average Bonchev–Trinajstić information content (AvgIpc) is 2.32. The van der Waals surface area contributed by atoms with E-state index in [2.05, 4.69) is 47.7 Å². The minimum absolute atomic E-state index is 0.452. The smallest absolute Gasteiger partial charge is 0.0325 e. The van der Waals surface area contributed by atoms with Crippen molar-refractivity contribution >= 4 is 21.6 Å². The summed E-state index contributed by atoms with van der Waals surface area (Å²) in [6.45, 7) is 10.5. The standard InChI is InChI=1S/C16H25BrN2/c1-16(2,3)13-6-8-19(9-7-13)11-12-4-5-14(18)10-15(12)17/h4-5,10,13H,6-9,11,18H2,1-3H3. The lowest BCUT2D eigenvalue weighted by Crippen LogP contribution is -2.37. The van der Waals surface area contributed by atoms with Crippen LogP contribution in [0.2, 0.25) is 0 Å². The maximum atomic E-state index is 5.78. The summed E-state index contributed by atoms with van der Waals surface area (Å²) in [6.07, 6.45) is 2.63. The Labute approximate surface area is 125 Å². The lowest BCUT2D eigenvalue weighted by atomic mass is 9.75. The Morgan fingerprint density at radius 3 is 2.42 bits per heavy atom. The second-order valence-electron chi connectivity index (χ2n) is 6.77. The zero-order valence-electron chi connectivity index (χ0n) is 12.2. The minimum Gasteiger partial charge on any atom is -0.399 e. The molecule has 0 saturated carbocycles. The van der Waals surface area contributed by atoms with Gasteiger partial charge in [-0.1, -0.05) is 42.8 Å². The number of likely N-dealkylation sites (tertiary alicyclic amines) is 1. The molecule has 106 valence electrons. The van der Waals surface area contributed by atoms with Crippen LogP contribution in [-0.2, 0) is 6.54 Å². The third-order valence-electron chi connectivity index (χ3n) is 4.28. The van der Waals surface area contributed by atoms with E-state index in [1.807, 2.05) is 12.1 Å². The van der Waals surface area contributed by atoms with Crippen LogP contribution in [0.25, 0.3) is 0 Å². The highest BCUT2D eigenvalue weighted by molar-refractivity contribution is 9.10. The Balaban J connectivity index is 1.92. The molecule has 0 aromatic heterocycles. The minimum atomic E-state index is 0.452. The van der Waals surface area contributed by atoms with E-state index in [0.717, 1.165) is 22.6 Å². The Hall–Kier alpha value is -0.540. The van der Waals surface area contributed by atoms with Crippen LogP contribution in [0.1, 0.15) is 39.2 Å². The second kappa shape index (κ2) is 5.84. The van der Waals surface area contributed by atoms with Crippen LogP contribution in [0, 0.1) is 11.3 Å². The Morgan fingerprint density at radius 1 is 1.26 bits per heavy atom. The lowest BCUT2D eigenvalue weighted by molar-refractivity contribution is 0.108. The SMILES string of the molecule is CC(C)(C)C1CCN(Cc2ccc(N)cc2Br)CC1. The predicted octanol–water partition coefficient (Wildman–Crippen LogP) is 4.29. The van der Waals surface area contributed by atoms with Crippen molar-refractivity contribution in [2.75, 3.05) is 18.8 Å². The average molecular weight is 325 g/mol. The van der Waals surface area contributed by atoms with E-state index >= 15 is 0 Å². The normalized spacial score (nSPS) is 18.7. The van der Waals surface area contributed by atoms with Crippen molar-refractivity contribution in [2.24, 2.45) is 11.3 Å². The number of hydrogen-bond acceptors (Lipinski definition) is 2. The molecule has 0 aliphatic carbocycles. The highest BCUT2D eigenvalue weighted by Gasteiger charge is 2.28. The summed E-state index contributed by atoms with van der Waals surface area (Å²) in [5.41, 5.74) is 8.39. The van der Waals surface area contributed by atoms with Gasteiger partial charge in [0.2, 0.25) is 0 Å². The molecule has 1 aromatic rings. The van der Waals surface area contributed by atoms with Gasteiger partial charge >= 0.3 is 0 Å². The summed E-state index contributed by atoms with van der Waals surface area (Å²) in [5.74, 6) is 0.860. The molecule has 2 rings (SSSR count). The van der Waals surface area contributed by atoms with Crippen LogP contribution >= 0.6 is 15.9 Å². The quantitative estimate of drug-likeness (QED) is 0.822. The monoisotopic (exact) mass is 324 g/mol.